The van der Waals surface area contributed by atoms with Gasteiger partial charge in [0.25, 0.3) is 0 Å². The first-order valence-corrected chi connectivity index (χ1v) is 4.77. The molecule has 0 amide bonds. The second-order valence-electron chi connectivity index (χ2n) is 2.90. The molecule has 0 unspecified atom stereocenters. The average molecular weight is 266 g/mol. The summed E-state index contributed by atoms with van der Waals surface area (Å²) in [5.74, 6) is -0.0182. The van der Waals surface area contributed by atoms with Crippen molar-refractivity contribution in [2.24, 2.45) is 0 Å². The van der Waals surface area contributed by atoms with E-state index in [0.717, 1.165) is 0 Å². The number of hydrogen-bond acceptors (Lipinski definition) is 4. The van der Waals surface area contributed by atoms with Crippen LogP contribution in [-0.4, -0.2) is 5.11 Å². The molecule has 74 valence electrons. The van der Waals surface area contributed by atoms with Crippen LogP contribution < -0.4 is 5.63 Å². The van der Waals surface area contributed by atoms with Gasteiger partial charge in [0.05, 0.1) is 4.47 Å². The molecule has 0 radical (unpaired) electrons. The summed E-state index contributed by atoms with van der Waals surface area (Å²) in [5, 5.41) is 18.6. The topological polar surface area (TPSA) is 74.2 Å². The molecular weight excluding hydrogens is 262 g/mol. The molecule has 1 heterocycles. The van der Waals surface area contributed by atoms with Gasteiger partial charge in [0.1, 0.15) is 23.0 Å². The van der Waals surface area contributed by atoms with Gasteiger partial charge in [0.2, 0.25) is 0 Å². The Kier molecular flexibility index (Phi) is 2.21. The Bertz CT molecular complexity index is 639. The Hall–Kier alpha value is -1.80. The molecule has 0 aliphatic rings. The van der Waals surface area contributed by atoms with Crippen LogP contribution in [0.15, 0.2) is 31.9 Å². The maximum atomic E-state index is 11.2. The van der Waals surface area contributed by atoms with Crippen molar-refractivity contribution in [1.29, 1.82) is 5.26 Å². The van der Waals surface area contributed by atoms with E-state index < -0.39 is 5.63 Å². The zero-order valence-electron chi connectivity index (χ0n) is 7.32. The van der Waals surface area contributed by atoms with Gasteiger partial charge < -0.3 is 9.52 Å². The third-order valence-corrected chi connectivity index (χ3v) is 2.56. The van der Waals surface area contributed by atoms with Gasteiger partial charge in [-0.15, -0.1) is 0 Å². The lowest BCUT2D eigenvalue weighted by Gasteiger charge is -2.00. The highest BCUT2D eigenvalue weighted by Gasteiger charge is 2.07. The predicted molar refractivity (Wildman–Crippen MR) is 56.6 cm³/mol. The largest absolute Gasteiger partial charge is 0.507 e. The highest BCUT2D eigenvalue weighted by atomic mass is 79.9. The Balaban J connectivity index is 2.90. The zero-order chi connectivity index (χ0) is 11.0. The van der Waals surface area contributed by atoms with E-state index in [1.807, 2.05) is 0 Å². The van der Waals surface area contributed by atoms with Gasteiger partial charge in [-0.05, 0) is 28.1 Å². The van der Waals surface area contributed by atoms with E-state index in [4.69, 9.17) is 9.68 Å². The van der Waals surface area contributed by atoms with E-state index in [-0.39, 0.29) is 16.9 Å². The van der Waals surface area contributed by atoms with Gasteiger partial charge in [-0.3, -0.25) is 0 Å². The molecule has 0 spiro atoms. The minimum atomic E-state index is -0.702. The molecule has 4 nitrogen and oxygen atoms in total. The van der Waals surface area contributed by atoms with Crippen LogP contribution in [0.25, 0.3) is 11.0 Å². The van der Waals surface area contributed by atoms with Crippen LogP contribution in [0.3, 0.4) is 0 Å². The van der Waals surface area contributed by atoms with Gasteiger partial charge in [-0.25, -0.2) is 4.79 Å². The van der Waals surface area contributed by atoms with Crippen LogP contribution in [0.1, 0.15) is 5.56 Å². The van der Waals surface area contributed by atoms with Crippen LogP contribution in [0.4, 0.5) is 0 Å². The highest BCUT2D eigenvalue weighted by molar-refractivity contribution is 9.10. The summed E-state index contributed by atoms with van der Waals surface area (Å²) in [6, 6.07) is 6.06. The maximum absolute atomic E-state index is 11.2. The summed E-state index contributed by atoms with van der Waals surface area (Å²) in [6.45, 7) is 0. The number of nitrogens with zero attached hydrogens (tertiary/aromatic N) is 1. The Morgan fingerprint density at radius 3 is 2.80 bits per heavy atom. The Morgan fingerprint density at radius 1 is 1.40 bits per heavy atom. The second kappa shape index (κ2) is 3.41. The van der Waals surface area contributed by atoms with Gasteiger partial charge in [0.15, 0.2) is 0 Å². The van der Waals surface area contributed by atoms with E-state index in [1.54, 1.807) is 12.1 Å². The first kappa shape index (κ1) is 9.74. The van der Waals surface area contributed by atoms with Crippen molar-refractivity contribution >= 4 is 26.9 Å². The summed E-state index contributed by atoms with van der Waals surface area (Å²) >= 11 is 3.13. The standard InChI is InChI=1S/C10H4BrNO3/c11-7-2-5-1-6(4-12)10(14)15-9(5)3-8(7)13/h1-3,13H. The normalized spacial score (nSPS) is 10.1. The van der Waals surface area contributed by atoms with Crippen LogP contribution in [-0.2, 0) is 0 Å². The summed E-state index contributed by atoms with van der Waals surface area (Å²) in [4.78, 5) is 11.2. The van der Waals surface area contributed by atoms with Crippen molar-refractivity contribution in [2.75, 3.05) is 0 Å². The Morgan fingerprint density at radius 2 is 2.13 bits per heavy atom. The Labute approximate surface area is 92.5 Å². The molecule has 0 bridgehead atoms. The van der Waals surface area contributed by atoms with Crippen molar-refractivity contribution in [3.8, 4) is 11.8 Å². The number of benzene rings is 1. The van der Waals surface area contributed by atoms with Crippen molar-refractivity contribution in [1.82, 2.24) is 0 Å². The van der Waals surface area contributed by atoms with Crippen molar-refractivity contribution < 1.29 is 9.52 Å². The molecule has 0 atom stereocenters. The monoisotopic (exact) mass is 265 g/mol. The molecule has 5 heteroatoms. The van der Waals surface area contributed by atoms with E-state index in [0.29, 0.717) is 9.86 Å². The number of phenols is 1. The zero-order valence-corrected chi connectivity index (χ0v) is 8.91. The third-order valence-electron chi connectivity index (χ3n) is 1.92. The molecule has 0 saturated heterocycles. The van der Waals surface area contributed by atoms with Gasteiger partial charge in [-0.2, -0.15) is 5.26 Å². The smallest absolute Gasteiger partial charge is 0.354 e. The quantitative estimate of drug-likeness (QED) is 0.741. The SMILES string of the molecule is N#Cc1cc2cc(Br)c(O)cc2oc1=O. The fraction of sp³-hybridized carbons (Fsp3) is 0. The lowest BCUT2D eigenvalue weighted by atomic mass is 10.2. The van der Waals surface area contributed by atoms with Crippen LogP contribution in [0, 0.1) is 11.3 Å². The van der Waals surface area contributed by atoms with Crippen LogP contribution in [0.2, 0.25) is 0 Å². The van der Waals surface area contributed by atoms with Gasteiger partial charge >= 0.3 is 5.63 Å². The predicted octanol–water partition coefficient (Wildman–Crippen LogP) is 2.13. The number of fused-ring (bicyclic) bond motifs is 1. The number of aromatic hydroxyl groups is 1. The molecular formula is C10H4BrNO3. The number of phenolic OH excluding ortho intramolecular Hbond substituents is 1. The molecule has 0 fully saturated rings. The highest BCUT2D eigenvalue weighted by Crippen LogP contribution is 2.28. The molecule has 1 aromatic heterocycles. The number of nitriles is 1. The van der Waals surface area contributed by atoms with Gasteiger partial charge in [-0.1, -0.05) is 0 Å². The lowest BCUT2D eigenvalue weighted by Crippen LogP contribution is -2.02. The molecule has 0 saturated carbocycles. The summed E-state index contributed by atoms with van der Waals surface area (Å²) in [7, 11) is 0. The van der Waals surface area contributed by atoms with E-state index >= 15 is 0 Å². The summed E-state index contributed by atoms with van der Waals surface area (Å²) in [6.07, 6.45) is 0. The summed E-state index contributed by atoms with van der Waals surface area (Å²) in [5.41, 5.74) is -0.508. The third kappa shape index (κ3) is 1.60. The lowest BCUT2D eigenvalue weighted by molar-refractivity contribution is 0.469. The van der Waals surface area contributed by atoms with Crippen molar-refractivity contribution in [3.05, 3.63) is 38.7 Å². The van der Waals surface area contributed by atoms with E-state index in [9.17, 15) is 9.90 Å². The molecule has 1 N–H and O–H groups in total. The summed E-state index contributed by atoms with van der Waals surface area (Å²) < 4.78 is 5.34. The fourth-order valence-corrected chi connectivity index (χ4v) is 1.57. The minimum absolute atomic E-state index is 0.0182. The first-order valence-electron chi connectivity index (χ1n) is 3.98. The van der Waals surface area contributed by atoms with Crippen LogP contribution >= 0.6 is 15.9 Å². The fourth-order valence-electron chi connectivity index (χ4n) is 1.21. The molecule has 1 aromatic carbocycles. The van der Waals surface area contributed by atoms with Gasteiger partial charge in [0, 0.05) is 11.5 Å². The average Bonchev–Trinajstić information content (AvgIpc) is 2.20. The molecule has 2 aromatic rings. The van der Waals surface area contributed by atoms with E-state index in [2.05, 4.69) is 15.9 Å². The minimum Gasteiger partial charge on any atom is -0.507 e. The maximum Gasteiger partial charge on any atom is 0.354 e. The van der Waals surface area contributed by atoms with Crippen LogP contribution in [0.5, 0.6) is 5.75 Å². The first-order chi connectivity index (χ1) is 7.11. The molecule has 15 heavy (non-hydrogen) atoms. The number of rotatable bonds is 0. The number of halogens is 1. The number of hydrogen-bond donors (Lipinski definition) is 1. The molecule has 0 aliphatic heterocycles. The molecule has 0 aliphatic carbocycles. The van der Waals surface area contributed by atoms with Crippen molar-refractivity contribution in [3.63, 3.8) is 0 Å². The second-order valence-corrected chi connectivity index (χ2v) is 3.76. The molecule has 2 rings (SSSR count). The van der Waals surface area contributed by atoms with E-state index in [1.165, 1.54) is 12.1 Å². The van der Waals surface area contributed by atoms with Crippen molar-refractivity contribution in [2.45, 2.75) is 0 Å².